The number of amides is 1. The van der Waals surface area contributed by atoms with Crippen LogP contribution in [-0.4, -0.2) is 45.9 Å². The van der Waals surface area contributed by atoms with Gasteiger partial charge in [0.15, 0.2) is 0 Å². The lowest BCUT2D eigenvalue weighted by Crippen LogP contribution is -2.28. The van der Waals surface area contributed by atoms with Gasteiger partial charge in [0.2, 0.25) is 6.41 Å². The zero-order chi connectivity index (χ0) is 15.5. The first-order chi connectivity index (χ1) is 9.62. The van der Waals surface area contributed by atoms with Crippen molar-refractivity contribution in [2.45, 2.75) is 53.5 Å². The smallest absolute Gasteiger partial charge is 0.209 e. The number of carbonyl (C=O) groups is 1. The summed E-state index contributed by atoms with van der Waals surface area (Å²) in [5.74, 6) is 0.413. The Hall–Kier alpha value is -1.36. The fraction of sp³-hybridized carbons (Fsp3) is 0.733. The van der Waals surface area contributed by atoms with Crippen LogP contribution >= 0.6 is 0 Å². The maximum absolute atomic E-state index is 10.8. The Balaban J connectivity index is 0.00000172. The monoisotopic (exact) mass is 283 g/mol. The van der Waals surface area contributed by atoms with Crippen LogP contribution in [0.2, 0.25) is 0 Å². The summed E-state index contributed by atoms with van der Waals surface area (Å²) in [5.41, 5.74) is 2.23. The van der Waals surface area contributed by atoms with Gasteiger partial charge in [-0.3, -0.25) is 9.48 Å². The Morgan fingerprint density at radius 2 is 2.05 bits per heavy atom. The molecule has 20 heavy (non-hydrogen) atoms. The molecule has 1 aromatic heterocycles. The van der Waals surface area contributed by atoms with E-state index < -0.39 is 0 Å². The molecule has 0 saturated heterocycles. The number of aromatic nitrogens is 2. The topological polar surface area (TPSA) is 58.4 Å². The van der Waals surface area contributed by atoms with Crippen molar-refractivity contribution in [1.82, 2.24) is 14.7 Å². The normalized spacial score (nSPS) is 10.2. The largest absolute Gasteiger partial charge is 0.395 e. The van der Waals surface area contributed by atoms with Crippen LogP contribution in [0.25, 0.3) is 0 Å². The average Bonchev–Trinajstić information content (AvgIpc) is 2.89. The number of aryl methyl sites for hydroxylation is 1. The highest BCUT2D eigenvalue weighted by atomic mass is 16.3. The number of aliphatic hydroxyl groups excluding tert-OH is 1. The van der Waals surface area contributed by atoms with Crippen molar-refractivity contribution in [2.75, 3.05) is 19.7 Å². The van der Waals surface area contributed by atoms with E-state index in [2.05, 4.69) is 31.9 Å². The predicted octanol–water partition coefficient (Wildman–Crippen LogP) is 2.05. The number of hydrogen-bond donors (Lipinski definition) is 1. The van der Waals surface area contributed by atoms with E-state index in [-0.39, 0.29) is 6.61 Å². The summed E-state index contributed by atoms with van der Waals surface area (Å²) in [5, 5.41) is 13.4. The number of carbonyl (C=O) groups excluding carboxylic acids is 1. The van der Waals surface area contributed by atoms with Crippen LogP contribution < -0.4 is 0 Å². The van der Waals surface area contributed by atoms with Crippen LogP contribution in [0.3, 0.4) is 0 Å². The van der Waals surface area contributed by atoms with Crippen LogP contribution in [-0.2, 0) is 17.8 Å². The van der Waals surface area contributed by atoms with Gasteiger partial charge in [-0.1, -0.05) is 27.7 Å². The van der Waals surface area contributed by atoms with Gasteiger partial charge in [0, 0.05) is 31.7 Å². The molecule has 1 aromatic rings. The molecule has 5 heteroatoms. The van der Waals surface area contributed by atoms with Crippen LogP contribution in [0, 0.1) is 0 Å². The summed E-state index contributed by atoms with van der Waals surface area (Å²) in [7, 11) is 0. The van der Waals surface area contributed by atoms with Crippen LogP contribution in [0.1, 0.15) is 51.9 Å². The number of aliphatic hydroxyl groups is 1. The van der Waals surface area contributed by atoms with Crippen molar-refractivity contribution < 1.29 is 9.90 Å². The van der Waals surface area contributed by atoms with Crippen LogP contribution in [0.4, 0.5) is 0 Å². The third-order valence-electron chi connectivity index (χ3n) is 2.96. The molecule has 0 aromatic carbocycles. The molecule has 116 valence electrons. The van der Waals surface area contributed by atoms with E-state index in [0.29, 0.717) is 19.0 Å². The molecule has 0 saturated carbocycles. The Morgan fingerprint density at radius 1 is 1.40 bits per heavy atom. The van der Waals surface area contributed by atoms with Crippen molar-refractivity contribution in [1.29, 1.82) is 0 Å². The lowest BCUT2D eigenvalue weighted by atomic mass is 10.1. The molecule has 0 spiro atoms. The van der Waals surface area contributed by atoms with E-state index in [1.807, 2.05) is 18.5 Å². The summed E-state index contributed by atoms with van der Waals surface area (Å²) in [6.07, 6.45) is 1.55. The molecule has 0 bridgehead atoms. The molecular weight excluding hydrogens is 254 g/mol. The van der Waals surface area contributed by atoms with Gasteiger partial charge in [0.25, 0.3) is 0 Å². The Kier molecular flexibility index (Phi) is 9.72. The van der Waals surface area contributed by atoms with Crippen molar-refractivity contribution >= 4 is 6.41 Å². The van der Waals surface area contributed by atoms with Gasteiger partial charge in [-0.2, -0.15) is 5.10 Å². The average molecular weight is 283 g/mol. The molecule has 0 unspecified atom stereocenters. The van der Waals surface area contributed by atoms with Gasteiger partial charge in [-0.15, -0.1) is 0 Å². The standard InChI is InChI=1S/C13H23N3O2.C2H6/c1-4-16-12(9-13(14-16)11(2)3)5-6-15(10-18)7-8-17;1-2/h9-11,17H,4-8H2,1-3H3;1-2H3. The molecule has 5 nitrogen and oxygen atoms in total. The van der Waals surface area contributed by atoms with Gasteiger partial charge in [0.1, 0.15) is 0 Å². The van der Waals surface area contributed by atoms with Gasteiger partial charge in [-0.05, 0) is 18.9 Å². The van der Waals surface area contributed by atoms with Gasteiger partial charge in [0.05, 0.1) is 12.3 Å². The molecule has 0 aliphatic rings. The summed E-state index contributed by atoms with van der Waals surface area (Å²) in [4.78, 5) is 12.4. The lowest BCUT2D eigenvalue weighted by molar-refractivity contribution is -0.118. The maximum Gasteiger partial charge on any atom is 0.209 e. The Morgan fingerprint density at radius 3 is 2.50 bits per heavy atom. The van der Waals surface area contributed by atoms with Crippen molar-refractivity contribution in [2.24, 2.45) is 0 Å². The summed E-state index contributed by atoms with van der Waals surface area (Å²) >= 11 is 0. The zero-order valence-corrected chi connectivity index (χ0v) is 13.5. The minimum atomic E-state index is 0.00300. The third-order valence-corrected chi connectivity index (χ3v) is 2.96. The van der Waals surface area contributed by atoms with E-state index in [1.165, 1.54) is 0 Å². The highest BCUT2D eigenvalue weighted by molar-refractivity contribution is 5.46. The quantitative estimate of drug-likeness (QED) is 0.743. The second kappa shape index (κ2) is 10.4. The zero-order valence-electron chi connectivity index (χ0n) is 13.5. The second-order valence-corrected chi connectivity index (χ2v) is 4.65. The molecule has 1 amide bonds. The first-order valence-electron chi connectivity index (χ1n) is 7.49. The molecule has 0 radical (unpaired) electrons. The van der Waals surface area contributed by atoms with E-state index in [9.17, 15) is 4.79 Å². The van der Waals surface area contributed by atoms with E-state index >= 15 is 0 Å². The first-order valence-corrected chi connectivity index (χ1v) is 7.49. The minimum absolute atomic E-state index is 0.00300. The van der Waals surface area contributed by atoms with Crippen molar-refractivity contribution in [3.63, 3.8) is 0 Å². The highest BCUT2D eigenvalue weighted by Gasteiger charge is 2.10. The molecule has 0 aliphatic heterocycles. The SMILES string of the molecule is CC.CCn1nc(C(C)C)cc1CCN(C=O)CCO. The first kappa shape index (κ1) is 18.6. The number of nitrogens with zero attached hydrogens (tertiary/aromatic N) is 3. The number of hydrogen-bond acceptors (Lipinski definition) is 3. The van der Waals surface area contributed by atoms with Crippen molar-refractivity contribution in [3.8, 4) is 0 Å². The summed E-state index contributed by atoms with van der Waals surface area (Å²) < 4.78 is 1.98. The van der Waals surface area contributed by atoms with E-state index in [0.717, 1.165) is 30.8 Å². The summed E-state index contributed by atoms with van der Waals surface area (Å²) in [6.45, 7) is 12.2. The molecule has 1 rings (SSSR count). The molecule has 0 fully saturated rings. The van der Waals surface area contributed by atoms with Gasteiger partial charge in [-0.25, -0.2) is 0 Å². The summed E-state index contributed by atoms with van der Waals surface area (Å²) in [6, 6.07) is 2.11. The van der Waals surface area contributed by atoms with Gasteiger partial charge >= 0.3 is 0 Å². The fourth-order valence-electron chi connectivity index (χ4n) is 1.84. The fourth-order valence-corrected chi connectivity index (χ4v) is 1.84. The van der Waals surface area contributed by atoms with E-state index in [4.69, 9.17) is 5.11 Å². The highest BCUT2D eigenvalue weighted by Crippen LogP contribution is 2.15. The molecule has 0 atom stereocenters. The molecule has 0 aliphatic carbocycles. The third kappa shape index (κ3) is 5.74. The Bertz CT molecular complexity index is 375. The van der Waals surface area contributed by atoms with Crippen LogP contribution in [0.5, 0.6) is 0 Å². The van der Waals surface area contributed by atoms with E-state index in [1.54, 1.807) is 4.90 Å². The second-order valence-electron chi connectivity index (χ2n) is 4.65. The molecule has 1 heterocycles. The number of rotatable bonds is 8. The minimum Gasteiger partial charge on any atom is -0.395 e. The molecular formula is C15H29N3O2. The molecule has 1 N–H and O–H groups in total. The van der Waals surface area contributed by atoms with Crippen molar-refractivity contribution in [3.05, 3.63) is 17.5 Å². The maximum atomic E-state index is 10.8. The lowest BCUT2D eigenvalue weighted by Gasteiger charge is -2.15. The van der Waals surface area contributed by atoms with Crippen LogP contribution in [0.15, 0.2) is 6.07 Å². The predicted molar refractivity (Wildman–Crippen MR) is 81.8 cm³/mol. The Labute approximate surface area is 122 Å². The van der Waals surface area contributed by atoms with Gasteiger partial charge < -0.3 is 10.0 Å².